The van der Waals surface area contributed by atoms with E-state index in [2.05, 4.69) is 0 Å². The predicted molar refractivity (Wildman–Crippen MR) is 55.0 cm³/mol. The lowest BCUT2D eigenvalue weighted by Gasteiger charge is -2.06. The van der Waals surface area contributed by atoms with Gasteiger partial charge < -0.3 is 4.74 Å². The molecule has 1 rings (SSSR count). The summed E-state index contributed by atoms with van der Waals surface area (Å²) in [4.78, 5) is 10.5. The molecule has 0 aromatic heterocycles. The minimum Gasteiger partial charge on any atom is -0.461 e. The first-order valence-electron chi connectivity index (χ1n) is 4.07. The van der Waals surface area contributed by atoms with E-state index in [1.165, 1.54) is 19.1 Å². The van der Waals surface area contributed by atoms with Crippen LogP contribution in [0.4, 0.5) is 0 Å². The van der Waals surface area contributed by atoms with Gasteiger partial charge in [0.1, 0.15) is 6.61 Å². The average molecular weight is 249 g/mol. The topological polar surface area (TPSA) is 60.4 Å². The van der Waals surface area contributed by atoms with Crippen LogP contribution in [0.3, 0.4) is 0 Å². The molecule has 0 bridgehead atoms. The second-order valence-electron chi connectivity index (χ2n) is 2.83. The lowest BCUT2D eigenvalue weighted by molar-refractivity contribution is -0.142. The van der Waals surface area contributed by atoms with E-state index in [0.29, 0.717) is 5.56 Å². The number of hydrogen-bond donors (Lipinski definition) is 0. The van der Waals surface area contributed by atoms with Crippen LogP contribution in [0.2, 0.25) is 0 Å². The molecule has 0 unspecified atom stereocenters. The monoisotopic (exact) mass is 248 g/mol. The molecule has 0 aliphatic rings. The Morgan fingerprint density at radius 3 is 2.53 bits per heavy atom. The van der Waals surface area contributed by atoms with Crippen LogP contribution in [0.5, 0.6) is 0 Å². The van der Waals surface area contributed by atoms with Crippen LogP contribution in [0.25, 0.3) is 0 Å². The van der Waals surface area contributed by atoms with Crippen LogP contribution >= 0.6 is 10.7 Å². The Morgan fingerprint density at radius 2 is 2.00 bits per heavy atom. The summed E-state index contributed by atoms with van der Waals surface area (Å²) in [6, 6.07) is 6.09. The van der Waals surface area contributed by atoms with Crippen molar-refractivity contribution in [1.29, 1.82) is 0 Å². The van der Waals surface area contributed by atoms with Gasteiger partial charge in [-0.25, -0.2) is 8.42 Å². The minimum absolute atomic E-state index is 0.0343. The van der Waals surface area contributed by atoms with Crippen molar-refractivity contribution in [1.82, 2.24) is 0 Å². The number of esters is 1. The smallest absolute Gasteiger partial charge is 0.302 e. The van der Waals surface area contributed by atoms with Gasteiger partial charge in [0.25, 0.3) is 9.05 Å². The van der Waals surface area contributed by atoms with Crippen molar-refractivity contribution in [2.45, 2.75) is 18.4 Å². The normalized spacial score (nSPS) is 11.1. The highest BCUT2D eigenvalue weighted by Crippen LogP contribution is 2.20. The molecule has 0 spiro atoms. The number of rotatable bonds is 3. The maximum atomic E-state index is 11.1. The van der Waals surface area contributed by atoms with E-state index in [4.69, 9.17) is 15.4 Å². The molecule has 0 saturated carbocycles. The molecule has 0 N–H and O–H groups in total. The summed E-state index contributed by atoms with van der Waals surface area (Å²) in [5.41, 5.74) is 0.364. The van der Waals surface area contributed by atoms with Crippen LogP contribution < -0.4 is 0 Å². The molecule has 0 amide bonds. The van der Waals surface area contributed by atoms with E-state index in [-0.39, 0.29) is 11.5 Å². The van der Waals surface area contributed by atoms with Gasteiger partial charge in [-0.15, -0.1) is 0 Å². The molecule has 1 aromatic carbocycles. The van der Waals surface area contributed by atoms with Gasteiger partial charge in [-0.05, 0) is 6.07 Å². The Hall–Kier alpha value is -1.07. The minimum atomic E-state index is -3.80. The number of hydrogen-bond acceptors (Lipinski definition) is 4. The van der Waals surface area contributed by atoms with Gasteiger partial charge in [0.15, 0.2) is 0 Å². The highest BCUT2D eigenvalue weighted by molar-refractivity contribution is 8.13. The summed E-state index contributed by atoms with van der Waals surface area (Å²) in [6.45, 7) is 1.15. The van der Waals surface area contributed by atoms with Crippen LogP contribution in [0.1, 0.15) is 12.5 Å². The number of benzene rings is 1. The summed E-state index contributed by atoms with van der Waals surface area (Å²) in [5.74, 6) is -0.475. The Kier molecular flexibility index (Phi) is 3.71. The third-order valence-electron chi connectivity index (χ3n) is 1.67. The SMILES string of the molecule is CC(=O)OCc1ccccc1S(=O)(=O)Cl. The number of ether oxygens (including phenoxy) is 1. The third-order valence-corrected chi connectivity index (χ3v) is 3.09. The molecular weight excluding hydrogens is 240 g/mol. The molecule has 0 radical (unpaired) electrons. The molecule has 0 heterocycles. The van der Waals surface area contributed by atoms with E-state index in [0.717, 1.165) is 0 Å². The van der Waals surface area contributed by atoms with Crippen molar-refractivity contribution in [3.05, 3.63) is 29.8 Å². The molecule has 0 saturated heterocycles. The number of halogens is 1. The first kappa shape index (κ1) is 12.0. The molecular formula is C9H9ClO4S. The standard InChI is InChI=1S/C9H9ClO4S/c1-7(11)14-6-8-4-2-3-5-9(8)15(10,12)13/h2-5H,6H2,1H3. The Balaban J connectivity index is 3.02. The van der Waals surface area contributed by atoms with Crippen LogP contribution in [0, 0.1) is 0 Å². The van der Waals surface area contributed by atoms with Crippen LogP contribution in [-0.2, 0) is 25.2 Å². The molecule has 0 atom stereocenters. The van der Waals surface area contributed by atoms with E-state index in [1.807, 2.05) is 0 Å². The average Bonchev–Trinajstić information content (AvgIpc) is 2.13. The molecule has 82 valence electrons. The largest absolute Gasteiger partial charge is 0.461 e. The molecule has 0 aliphatic heterocycles. The highest BCUT2D eigenvalue weighted by Gasteiger charge is 2.15. The van der Waals surface area contributed by atoms with Crippen molar-refractivity contribution in [3.63, 3.8) is 0 Å². The lowest BCUT2D eigenvalue weighted by atomic mass is 10.2. The zero-order valence-electron chi connectivity index (χ0n) is 7.94. The quantitative estimate of drug-likeness (QED) is 0.603. The second-order valence-corrected chi connectivity index (χ2v) is 5.36. The van der Waals surface area contributed by atoms with Crippen LogP contribution in [0.15, 0.2) is 29.2 Å². The van der Waals surface area contributed by atoms with Crippen LogP contribution in [-0.4, -0.2) is 14.4 Å². The maximum Gasteiger partial charge on any atom is 0.302 e. The Labute approximate surface area is 92.2 Å². The van der Waals surface area contributed by atoms with Crippen molar-refractivity contribution >= 4 is 25.7 Å². The van der Waals surface area contributed by atoms with E-state index >= 15 is 0 Å². The second kappa shape index (κ2) is 4.63. The fourth-order valence-corrected chi connectivity index (χ4v) is 2.17. The fourth-order valence-electron chi connectivity index (χ4n) is 1.04. The maximum absolute atomic E-state index is 11.1. The summed E-state index contributed by atoms with van der Waals surface area (Å²) in [6.07, 6.45) is 0. The van der Waals surface area contributed by atoms with Gasteiger partial charge in [-0.2, -0.15) is 0 Å². The number of carbonyl (C=O) groups is 1. The summed E-state index contributed by atoms with van der Waals surface area (Å²) in [7, 11) is 1.41. The zero-order valence-corrected chi connectivity index (χ0v) is 9.51. The van der Waals surface area contributed by atoms with E-state index in [9.17, 15) is 13.2 Å². The van der Waals surface area contributed by atoms with Gasteiger partial charge in [-0.1, -0.05) is 18.2 Å². The van der Waals surface area contributed by atoms with Crippen molar-refractivity contribution in [2.24, 2.45) is 0 Å². The van der Waals surface area contributed by atoms with E-state index in [1.54, 1.807) is 12.1 Å². The molecule has 15 heavy (non-hydrogen) atoms. The van der Waals surface area contributed by atoms with Gasteiger partial charge in [0.05, 0.1) is 4.90 Å². The first-order chi connectivity index (χ1) is 6.91. The molecule has 6 heteroatoms. The number of carbonyl (C=O) groups excluding carboxylic acids is 1. The zero-order chi connectivity index (χ0) is 11.5. The van der Waals surface area contributed by atoms with E-state index < -0.39 is 15.0 Å². The molecule has 1 aromatic rings. The third kappa shape index (κ3) is 3.53. The highest BCUT2D eigenvalue weighted by atomic mass is 35.7. The molecule has 0 fully saturated rings. The fraction of sp³-hybridized carbons (Fsp3) is 0.222. The molecule has 4 nitrogen and oxygen atoms in total. The van der Waals surface area contributed by atoms with Gasteiger partial charge in [0, 0.05) is 23.2 Å². The van der Waals surface area contributed by atoms with Gasteiger partial charge in [-0.3, -0.25) is 4.79 Å². The summed E-state index contributed by atoms with van der Waals surface area (Å²) in [5, 5.41) is 0. The van der Waals surface area contributed by atoms with Crippen molar-refractivity contribution in [3.8, 4) is 0 Å². The predicted octanol–water partition coefficient (Wildman–Crippen LogP) is 1.68. The lowest BCUT2D eigenvalue weighted by Crippen LogP contribution is -2.03. The van der Waals surface area contributed by atoms with Gasteiger partial charge >= 0.3 is 5.97 Å². The first-order valence-corrected chi connectivity index (χ1v) is 6.38. The Bertz CT molecular complexity index is 467. The van der Waals surface area contributed by atoms with Gasteiger partial charge in [0.2, 0.25) is 0 Å². The van der Waals surface area contributed by atoms with Crippen molar-refractivity contribution < 1.29 is 17.9 Å². The summed E-state index contributed by atoms with van der Waals surface area (Å²) >= 11 is 0. The van der Waals surface area contributed by atoms with Crippen molar-refractivity contribution in [2.75, 3.05) is 0 Å². The Morgan fingerprint density at radius 1 is 1.40 bits per heavy atom. The summed E-state index contributed by atoms with van der Waals surface area (Å²) < 4.78 is 26.9. The molecule has 0 aliphatic carbocycles.